The second-order valence-electron chi connectivity index (χ2n) is 4.52. The molecule has 1 aromatic carbocycles. The normalized spacial score (nSPS) is 11.3. The summed E-state index contributed by atoms with van der Waals surface area (Å²) in [7, 11) is 0. The molecule has 4 nitrogen and oxygen atoms in total. The van der Waals surface area contributed by atoms with E-state index in [1.807, 2.05) is 0 Å². The van der Waals surface area contributed by atoms with Crippen LogP contribution in [0.25, 0.3) is 11.3 Å². The molecule has 0 radical (unpaired) electrons. The smallest absolute Gasteiger partial charge is 0.294 e. The average Bonchev–Trinajstić information content (AvgIpc) is 2.88. The van der Waals surface area contributed by atoms with Crippen LogP contribution in [-0.2, 0) is 6.18 Å². The molecule has 0 fully saturated rings. The number of hydrogen-bond acceptors (Lipinski definition) is 3. The number of nitrogens with one attached hydrogen (secondary N) is 1. The number of benzene rings is 1. The highest BCUT2D eigenvalue weighted by molar-refractivity contribution is 6.39. The van der Waals surface area contributed by atoms with Crippen molar-refractivity contribution >= 4 is 29.0 Å². The molecule has 0 saturated heterocycles. The molecule has 9 heteroatoms. The molecule has 0 unspecified atom stereocenters. The van der Waals surface area contributed by atoms with Crippen LogP contribution in [-0.4, -0.2) is 16.0 Å². The third kappa shape index (κ3) is 3.19. The largest absolute Gasteiger partial charge is 0.416 e. The molecule has 120 valence electrons. The summed E-state index contributed by atoms with van der Waals surface area (Å²) in [5.41, 5.74) is -1.21. The van der Waals surface area contributed by atoms with Crippen molar-refractivity contribution in [1.82, 2.24) is 10.2 Å². The number of Topliss-reactive ketones (excluding diaryl/α,β-unsaturated/α-hetero) is 1. The van der Waals surface area contributed by atoms with Crippen LogP contribution in [0.5, 0.6) is 0 Å². The fourth-order valence-electron chi connectivity index (χ4n) is 2.03. The first-order valence-electron chi connectivity index (χ1n) is 6.29. The third-order valence-corrected chi connectivity index (χ3v) is 3.69. The molecule has 0 aliphatic rings. The Hall–Kier alpha value is -2.04. The van der Waals surface area contributed by atoms with Crippen LogP contribution in [0.3, 0.4) is 0 Å². The Balaban J connectivity index is 2.72. The van der Waals surface area contributed by atoms with Gasteiger partial charge >= 0.3 is 6.18 Å². The number of aromatic amines is 1. The number of nitrogens with zero attached hydrogens (tertiary/aromatic N) is 2. The number of halogens is 5. The summed E-state index contributed by atoms with van der Waals surface area (Å²) in [6, 6.07) is 3.15. The van der Waals surface area contributed by atoms with Gasteiger partial charge in [0.1, 0.15) is 6.07 Å². The zero-order chi connectivity index (χ0) is 17.4. The minimum atomic E-state index is -4.61. The number of alkyl halides is 3. The van der Waals surface area contributed by atoms with Gasteiger partial charge in [0.05, 0.1) is 26.9 Å². The lowest BCUT2D eigenvalue weighted by atomic mass is 10.00. The molecule has 2 rings (SSSR count). The van der Waals surface area contributed by atoms with E-state index in [-0.39, 0.29) is 39.0 Å². The SMILES string of the molecule is CCC(=O)c1c(C#N)n[nH]c1-c1c(Cl)cc(C(F)(F)F)cc1Cl. The zero-order valence-electron chi connectivity index (χ0n) is 11.6. The molecule has 0 atom stereocenters. The van der Waals surface area contributed by atoms with E-state index in [0.717, 1.165) is 0 Å². The van der Waals surface area contributed by atoms with Crippen molar-refractivity contribution in [3.63, 3.8) is 0 Å². The van der Waals surface area contributed by atoms with Gasteiger partial charge in [0.25, 0.3) is 0 Å². The summed E-state index contributed by atoms with van der Waals surface area (Å²) < 4.78 is 38.3. The Morgan fingerprint density at radius 1 is 1.35 bits per heavy atom. The molecule has 1 N–H and O–H groups in total. The number of ketones is 1. The molecule has 0 amide bonds. The molecule has 0 aliphatic carbocycles. The number of H-pyrrole nitrogens is 1. The second kappa shape index (κ2) is 6.22. The first kappa shape index (κ1) is 17.3. The van der Waals surface area contributed by atoms with Gasteiger partial charge in [-0.05, 0) is 12.1 Å². The number of nitriles is 1. The summed E-state index contributed by atoms with van der Waals surface area (Å²) in [5.74, 6) is -0.405. The highest BCUT2D eigenvalue weighted by Gasteiger charge is 2.33. The predicted molar refractivity (Wildman–Crippen MR) is 78.4 cm³/mol. The monoisotopic (exact) mass is 361 g/mol. The maximum absolute atomic E-state index is 12.8. The van der Waals surface area contributed by atoms with E-state index in [1.165, 1.54) is 0 Å². The molecule has 1 heterocycles. The van der Waals surface area contributed by atoms with Gasteiger partial charge in [-0.15, -0.1) is 0 Å². The second-order valence-corrected chi connectivity index (χ2v) is 5.34. The summed E-state index contributed by atoms with van der Waals surface area (Å²) in [6.45, 7) is 1.58. The summed E-state index contributed by atoms with van der Waals surface area (Å²) >= 11 is 11.8. The number of carbonyl (C=O) groups is 1. The van der Waals surface area contributed by atoms with E-state index >= 15 is 0 Å². The van der Waals surface area contributed by atoms with Crippen molar-refractivity contribution < 1.29 is 18.0 Å². The van der Waals surface area contributed by atoms with E-state index in [2.05, 4.69) is 10.2 Å². The fraction of sp³-hybridized carbons (Fsp3) is 0.214. The first-order chi connectivity index (χ1) is 10.7. The van der Waals surface area contributed by atoms with Crippen molar-refractivity contribution in [2.45, 2.75) is 19.5 Å². The molecule has 0 aliphatic heterocycles. The van der Waals surface area contributed by atoms with E-state index < -0.39 is 17.5 Å². The Bertz CT molecular complexity index is 799. The Morgan fingerprint density at radius 2 is 1.91 bits per heavy atom. The molecular formula is C14H8Cl2F3N3O. The van der Waals surface area contributed by atoms with Gasteiger partial charge in [0, 0.05) is 12.0 Å². The zero-order valence-corrected chi connectivity index (χ0v) is 13.1. The minimum Gasteiger partial charge on any atom is -0.294 e. The highest BCUT2D eigenvalue weighted by Crippen LogP contribution is 2.41. The fourth-order valence-corrected chi connectivity index (χ4v) is 2.70. The van der Waals surface area contributed by atoms with Crippen molar-refractivity contribution in [1.29, 1.82) is 5.26 Å². The van der Waals surface area contributed by atoms with Crippen molar-refractivity contribution in [2.75, 3.05) is 0 Å². The summed E-state index contributed by atoms with van der Waals surface area (Å²) in [5, 5.41) is 14.5. The van der Waals surface area contributed by atoms with Gasteiger partial charge in [0.2, 0.25) is 0 Å². The number of rotatable bonds is 3. The van der Waals surface area contributed by atoms with E-state index in [1.54, 1.807) is 13.0 Å². The van der Waals surface area contributed by atoms with Gasteiger partial charge in [-0.3, -0.25) is 9.89 Å². The van der Waals surface area contributed by atoms with Gasteiger partial charge in [-0.2, -0.15) is 23.5 Å². The van der Waals surface area contributed by atoms with E-state index in [9.17, 15) is 18.0 Å². The molecule has 0 spiro atoms. The van der Waals surface area contributed by atoms with Crippen LogP contribution in [0, 0.1) is 11.3 Å². The average molecular weight is 362 g/mol. The van der Waals surface area contributed by atoms with Gasteiger partial charge in [-0.1, -0.05) is 30.1 Å². The Kier molecular flexibility index (Phi) is 4.68. The molecule has 1 aromatic heterocycles. The number of hydrogen-bond donors (Lipinski definition) is 1. The van der Waals surface area contributed by atoms with Crippen LogP contribution in [0.1, 0.15) is 35.0 Å². The van der Waals surface area contributed by atoms with Gasteiger partial charge < -0.3 is 0 Å². The van der Waals surface area contributed by atoms with Crippen molar-refractivity contribution in [3.05, 3.63) is 39.0 Å². The van der Waals surface area contributed by atoms with Crippen molar-refractivity contribution in [3.8, 4) is 17.3 Å². The van der Waals surface area contributed by atoms with Gasteiger partial charge in [-0.25, -0.2) is 0 Å². The van der Waals surface area contributed by atoms with Crippen LogP contribution < -0.4 is 0 Å². The lowest BCUT2D eigenvalue weighted by Crippen LogP contribution is -2.06. The molecule has 23 heavy (non-hydrogen) atoms. The molecular weight excluding hydrogens is 354 g/mol. The summed E-state index contributed by atoms with van der Waals surface area (Å²) in [6.07, 6.45) is -4.53. The number of carbonyl (C=O) groups excluding carboxylic acids is 1. The Labute approximate surface area is 138 Å². The first-order valence-corrected chi connectivity index (χ1v) is 7.04. The summed E-state index contributed by atoms with van der Waals surface area (Å²) in [4.78, 5) is 12.0. The molecule has 2 aromatic rings. The van der Waals surface area contributed by atoms with E-state index in [0.29, 0.717) is 12.1 Å². The van der Waals surface area contributed by atoms with Crippen LogP contribution >= 0.6 is 23.2 Å². The molecule has 0 saturated carbocycles. The van der Waals surface area contributed by atoms with E-state index in [4.69, 9.17) is 28.5 Å². The van der Waals surface area contributed by atoms with Crippen LogP contribution in [0.4, 0.5) is 13.2 Å². The quantitative estimate of drug-likeness (QED) is 0.793. The maximum Gasteiger partial charge on any atom is 0.416 e. The van der Waals surface area contributed by atoms with Crippen LogP contribution in [0.15, 0.2) is 12.1 Å². The highest BCUT2D eigenvalue weighted by atomic mass is 35.5. The Morgan fingerprint density at radius 3 is 2.35 bits per heavy atom. The molecule has 0 bridgehead atoms. The maximum atomic E-state index is 12.8. The van der Waals surface area contributed by atoms with Gasteiger partial charge in [0.15, 0.2) is 11.5 Å². The van der Waals surface area contributed by atoms with Crippen molar-refractivity contribution in [2.24, 2.45) is 0 Å². The lowest BCUT2D eigenvalue weighted by molar-refractivity contribution is -0.137. The standard InChI is InChI=1S/C14H8Cl2F3N3O/c1-2-10(23)12-9(5-20)21-22-13(12)11-7(15)3-6(4-8(11)16)14(17,18)19/h3-4H,2H2,1H3,(H,21,22). The topological polar surface area (TPSA) is 69.5 Å². The van der Waals surface area contributed by atoms with Crippen LogP contribution in [0.2, 0.25) is 10.0 Å². The third-order valence-electron chi connectivity index (χ3n) is 3.09. The lowest BCUT2D eigenvalue weighted by Gasteiger charge is -2.12. The predicted octanol–water partition coefficient (Wildman–Crippen LogP) is 4.87. The minimum absolute atomic E-state index is 0.00728. The number of aromatic nitrogens is 2.